The van der Waals surface area contributed by atoms with Crippen molar-refractivity contribution in [2.45, 2.75) is 32.3 Å². The lowest BCUT2D eigenvalue weighted by Gasteiger charge is -2.32. The van der Waals surface area contributed by atoms with Gasteiger partial charge in [0.1, 0.15) is 11.7 Å². The molecule has 1 fully saturated rings. The predicted molar refractivity (Wildman–Crippen MR) is 75.8 cm³/mol. The summed E-state index contributed by atoms with van der Waals surface area (Å²) in [6.07, 6.45) is -0.262. The van der Waals surface area contributed by atoms with Crippen molar-refractivity contribution in [3.8, 4) is 0 Å². The number of hydrogen-bond donors (Lipinski definition) is 1. The third kappa shape index (κ3) is 3.29. The number of benzene rings is 1. The van der Waals surface area contributed by atoms with Crippen molar-refractivity contribution < 1.29 is 18.7 Å². The Kier molecular flexibility index (Phi) is 4.40. The van der Waals surface area contributed by atoms with Crippen molar-refractivity contribution in [2.24, 2.45) is 5.92 Å². The molecule has 1 aromatic carbocycles. The number of nitrogens with one attached hydrogen (secondary N) is 1. The maximum absolute atomic E-state index is 14.0. The average Bonchev–Trinajstić information content (AvgIpc) is 2.37. The van der Waals surface area contributed by atoms with Gasteiger partial charge in [-0.3, -0.25) is 9.59 Å². The lowest BCUT2D eigenvalue weighted by atomic mass is 9.79. The number of rotatable bonds is 3. The SMILES string of the molecule is C=C1NC(=O)CC(c2ccccc2F)C1C(=O)OC(C)C. The van der Waals surface area contributed by atoms with Gasteiger partial charge in [-0.1, -0.05) is 24.8 Å². The Morgan fingerprint density at radius 3 is 2.71 bits per heavy atom. The van der Waals surface area contributed by atoms with Crippen LogP contribution in [-0.2, 0) is 14.3 Å². The van der Waals surface area contributed by atoms with Crippen molar-refractivity contribution in [3.63, 3.8) is 0 Å². The summed E-state index contributed by atoms with van der Waals surface area (Å²) < 4.78 is 19.2. The van der Waals surface area contributed by atoms with Crippen LogP contribution in [0.1, 0.15) is 31.7 Å². The van der Waals surface area contributed by atoms with E-state index < -0.39 is 23.6 Å². The van der Waals surface area contributed by atoms with Gasteiger partial charge in [-0.15, -0.1) is 0 Å². The molecule has 0 radical (unpaired) electrons. The molecule has 0 spiro atoms. The zero-order valence-electron chi connectivity index (χ0n) is 12.1. The third-order valence-corrected chi connectivity index (χ3v) is 3.39. The molecule has 2 rings (SSSR count). The van der Waals surface area contributed by atoms with Gasteiger partial charge < -0.3 is 10.1 Å². The molecule has 1 heterocycles. The van der Waals surface area contributed by atoms with Crippen LogP contribution in [0.2, 0.25) is 0 Å². The summed E-state index contributed by atoms with van der Waals surface area (Å²) in [6.45, 7) is 7.20. The van der Waals surface area contributed by atoms with Crippen LogP contribution in [0.3, 0.4) is 0 Å². The predicted octanol–water partition coefficient (Wildman–Crippen LogP) is 2.51. The first-order chi connectivity index (χ1) is 9.90. The minimum absolute atomic E-state index is 0.0256. The van der Waals surface area contributed by atoms with E-state index in [1.807, 2.05) is 0 Å². The van der Waals surface area contributed by atoms with Gasteiger partial charge in [0.05, 0.1) is 6.10 Å². The number of esters is 1. The van der Waals surface area contributed by atoms with E-state index in [2.05, 4.69) is 11.9 Å². The van der Waals surface area contributed by atoms with Gasteiger partial charge in [0, 0.05) is 18.0 Å². The van der Waals surface area contributed by atoms with E-state index in [0.717, 1.165) is 0 Å². The van der Waals surface area contributed by atoms with E-state index in [0.29, 0.717) is 5.56 Å². The summed E-state index contributed by atoms with van der Waals surface area (Å²) in [7, 11) is 0. The molecule has 1 amide bonds. The number of carbonyl (C=O) groups is 2. The van der Waals surface area contributed by atoms with Gasteiger partial charge in [-0.2, -0.15) is 0 Å². The van der Waals surface area contributed by atoms with Crippen molar-refractivity contribution >= 4 is 11.9 Å². The van der Waals surface area contributed by atoms with Crippen molar-refractivity contribution in [1.29, 1.82) is 0 Å². The molecule has 0 saturated carbocycles. The highest BCUT2D eigenvalue weighted by atomic mass is 19.1. The molecule has 21 heavy (non-hydrogen) atoms. The second kappa shape index (κ2) is 6.08. The Balaban J connectivity index is 2.38. The fourth-order valence-corrected chi connectivity index (χ4v) is 2.55. The molecule has 1 aliphatic rings. The van der Waals surface area contributed by atoms with E-state index in [1.54, 1.807) is 32.0 Å². The first kappa shape index (κ1) is 15.2. The zero-order chi connectivity index (χ0) is 15.6. The van der Waals surface area contributed by atoms with Gasteiger partial charge in [-0.05, 0) is 25.5 Å². The highest BCUT2D eigenvalue weighted by molar-refractivity contribution is 5.86. The molecule has 112 valence electrons. The lowest BCUT2D eigenvalue weighted by Crippen LogP contribution is -2.42. The van der Waals surface area contributed by atoms with Crippen LogP contribution < -0.4 is 5.32 Å². The van der Waals surface area contributed by atoms with E-state index in [1.165, 1.54) is 6.07 Å². The Hall–Kier alpha value is -2.17. The van der Waals surface area contributed by atoms with Crippen LogP contribution in [0, 0.1) is 11.7 Å². The molecule has 1 aromatic rings. The van der Waals surface area contributed by atoms with Gasteiger partial charge in [0.15, 0.2) is 0 Å². The smallest absolute Gasteiger partial charge is 0.315 e. The van der Waals surface area contributed by atoms with Crippen molar-refractivity contribution in [2.75, 3.05) is 0 Å². The van der Waals surface area contributed by atoms with Crippen LogP contribution in [0.4, 0.5) is 4.39 Å². The lowest BCUT2D eigenvalue weighted by molar-refractivity contribution is -0.152. The molecule has 5 heteroatoms. The van der Waals surface area contributed by atoms with E-state index in [9.17, 15) is 14.0 Å². The van der Waals surface area contributed by atoms with Crippen LogP contribution >= 0.6 is 0 Å². The second-order valence-corrected chi connectivity index (χ2v) is 5.37. The molecule has 1 aliphatic heterocycles. The zero-order valence-corrected chi connectivity index (χ0v) is 12.1. The average molecular weight is 291 g/mol. The molecular formula is C16H18FNO3. The third-order valence-electron chi connectivity index (χ3n) is 3.39. The molecule has 1 N–H and O–H groups in total. The number of halogens is 1. The first-order valence-corrected chi connectivity index (χ1v) is 6.83. The van der Waals surface area contributed by atoms with Crippen LogP contribution in [-0.4, -0.2) is 18.0 Å². The van der Waals surface area contributed by atoms with Gasteiger partial charge in [0.25, 0.3) is 0 Å². The highest BCUT2D eigenvalue weighted by Gasteiger charge is 2.40. The maximum Gasteiger partial charge on any atom is 0.315 e. The molecule has 0 bridgehead atoms. The number of amides is 1. The Morgan fingerprint density at radius 1 is 1.43 bits per heavy atom. The number of ether oxygens (including phenoxy) is 1. The Bertz CT molecular complexity index is 583. The van der Waals surface area contributed by atoms with Gasteiger partial charge in [-0.25, -0.2) is 4.39 Å². The quantitative estimate of drug-likeness (QED) is 0.871. The first-order valence-electron chi connectivity index (χ1n) is 6.83. The Labute approximate surface area is 123 Å². The molecular weight excluding hydrogens is 273 g/mol. The minimum Gasteiger partial charge on any atom is -0.462 e. The second-order valence-electron chi connectivity index (χ2n) is 5.37. The molecule has 1 saturated heterocycles. The van der Waals surface area contributed by atoms with Crippen LogP contribution in [0.15, 0.2) is 36.5 Å². The highest BCUT2D eigenvalue weighted by Crippen LogP contribution is 2.37. The van der Waals surface area contributed by atoms with Crippen molar-refractivity contribution in [1.82, 2.24) is 5.32 Å². The van der Waals surface area contributed by atoms with Crippen LogP contribution in [0.25, 0.3) is 0 Å². The number of hydrogen-bond acceptors (Lipinski definition) is 3. The standard InChI is InChI=1S/C16H18FNO3/c1-9(2)21-16(20)15-10(3)18-14(19)8-12(15)11-6-4-5-7-13(11)17/h4-7,9,12,15H,3,8H2,1-2H3,(H,18,19). The molecule has 4 nitrogen and oxygen atoms in total. The minimum atomic E-state index is -0.776. The summed E-state index contributed by atoms with van der Waals surface area (Å²) in [4.78, 5) is 24.0. The number of piperidine rings is 1. The topological polar surface area (TPSA) is 55.4 Å². The summed E-state index contributed by atoms with van der Waals surface area (Å²) in [5, 5.41) is 2.55. The summed E-state index contributed by atoms with van der Waals surface area (Å²) in [5.41, 5.74) is 0.587. The fraction of sp³-hybridized carbons (Fsp3) is 0.375. The monoisotopic (exact) mass is 291 g/mol. The molecule has 0 aliphatic carbocycles. The van der Waals surface area contributed by atoms with Crippen molar-refractivity contribution in [3.05, 3.63) is 47.9 Å². The Morgan fingerprint density at radius 2 is 2.10 bits per heavy atom. The summed E-state index contributed by atoms with van der Waals surface area (Å²) in [6, 6.07) is 6.15. The summed E-state index contributed by atoms with van der Waals surface area (Å²) >= 11 is 0. The maximum atomic E-state index is 14.0. The summed E-state index contributed by atoms with van der Waals surface area (Å²) in [5.74, 6) is -2.59. The fourth-order valence-electron chi connectivity index (χ4n) is 2.55. The van der Waals surface area contributed by atoms with E-state index >= 15 is 0 Å². The molecule has 2 unspecified atom stereocenters. The normalized spacial score (nSPS) is 22.1. The molecule has 2 atom stereocenters. The van der Waals surface area contributed by atoms with E-state index in [4.69, 9.17) is 4.74 Å². The van der Waals surface area contributed by atoms with Gasteiger partial charge >= 0.3 is 5.97 Å². The largest absolute Gasteiger partial charge is 0.462 e. The number of carbonyl (C=O) groups excluding carboxylic acids is 2. The molecule has 0 aromatic heterocycles. The van der Waals surface area contributed by atoms with Gasteiger partial charge in [0.2, 0.25) is 5.91 Å². The van der Waals surface area contributed by atoms with E-state index in [-0.39, 0.29) is 24.1 Å². The van der Waals surface area contributed by atoms with Crippen LogP contribution in [0.5, 0.6) is 0 Å².